The molecule has 1 saturated heterocycles. The Morgan fingerprint density at radius 1 is 1.41 bits per heavy atom. The van der Waals surface area contributed by atoms with Gasteiger partial charge in [0.1, 0.15) is 11.9 Å². The summed E-state index contributed by atoms with van der Waals surface area (Å²) < 4.78 is 33.6. The maximum Gasteiger partial charge on any atom is 0.351 e. The lowest BCUT2D eigenvalue weighted by Gasteiger charge is -2.21. The third-order valence-electron chi connectivity index (χ3n) is 4.06. The average Bonchev–Trinajstić information content (AvgIpc) is 2.85. The second-order valence-corrected chi connectivity index (χ2v) is 5.97. The third kappa shape index (κ3) is 3.56. The Balaban J connectivity index is 1.81. The Hall–Kier alpha value is -2.76. The summed E-state index contributed by atoms with van der Waals surface area (Å²) in [5, 5.41) is 20.9. The Morgan fingerprint density at radius 3 is 2.70 bits per heavy atom. The number of aliphatic hydroxyl groups is 2. The fourth-order valence-corrected chi connectivity index (χ4v) is 2.57. The number of carbonyl (C=O) groups excluding carboxylic acids is 1. The van der Waals surface area contributed by atoms with Crippen molar-refractivity contribution in [1.29, 1.82) is 0 Å². The van der Waals surface area contributed by atoms with Gasteiger partial charge in [-0.2, -0.15) is 13.8 Å². The van der Waals surface area contributed by atoms with Crippen LogP contribution in [0.2, 0.25) is 0 Å². The summed E-state index contributed by atoms with van der Waals surface area (Å²) in [6, 6.07) is 4.30. The molecule has 3 rings (SSSR count). The molecule has 1 aliphatic heterocycles. The molecule has 3 atom stereocenters. The number of carbonyl (C=O) groups is 1. The lowest BCUT2D eigenvalue weighted by atomic mass is 10.1. The summed E-state index contributed by atoms with van der Waals surface area (Å²) in [7, 11) is 0. The highest BCUT2D eigenvalue weighted by Gasteiger charge is 2.59. The first-order chi connectivity index (χ1) is 12.7. The van der Waals surface area contributed by atoms with E-state index in [-0.39, 0.29) is 11.4 Å². The maximum absolute atomic E-state index is 14.1. The molecule has 3 N–H and O–H groups in total. The van der Waals surface area contributed by atoms with Gasteiger partial charge >= 0.3 is 11.6 Å². The van der Waals surface area contributed by atoms with Crippen LogP contribution in [0.3, 0.4) is 0 Å². The monoisotopic (exact) mass is 382 g/mol. The van der Waals surface area contributed by atoms with Gasteiger partial charge in [-0.1, -0.05) is 0 Å². The second-order valence-electron chi connectivity index (χ2n) is 5.97. The predicted octanol–water partition coefficient (Wildman–Crippen LogP) is 0.0849. The first-order valence-corrected chi connectivity index (χ1v) is 7.89. The number of hydrogen-bond donors (Lipinski definition) is 3. The number of aliphatic hydroxyl groups excluding tert-OH is 2. The first-order valence-electron chi connectivity index (χ1n) is 7.89. The van der Waals surface area contributed by atoms with Gasteiger partial charge in [0.2, 0.25) is 6.23 Å². The molecule has 1 amide bonds. The van der Waals surface area contributed by atoms with Crippen molar-refractivity contribution < 1.29 is 28.5 Å². The van der Waals surface area contributed by atoms with E-state index < -0.39 is 42.6 Å². The molecule has 0 saturated carbocycles. The minimum absolute atomic E-state index is 0.151. The number of aryl methyl sites for hydroxylation is 1. The van der Waals surface area contributed by atoms with Gasteiger partial charge in [0.05, 0.1) is 12.2 Å². The lowest BCUT2D eigenvalue weighted by molar-refractivity contribution is -0.140. The molecule has 11 heteroatoms. The van der Waals surface area contributed by atoms with E-state index in [1.807, 2.05) is 0 Å². The number of nitrogens with one attached hydrogen (secondary N) is 1. The van der Waals surface area contributed by atoms with Crippen molar-refractivity contribution in [3.05, 3.63) is 52.3 Å². The normalized spacial score (nSPS) is 24.0. The van der Waals surface area contributed by atoms with Gasteiger partial charge in [-0.05, 0) is 25.1 Å². The summed E-state index contributed by atoms with van der Waals surface area (Å²) in [6.07, 6.45) is -3.63. The fourth-order valence-electron chi connectivity index (χ4n) is 2.57. The highest BCUT2D eigenvalue weighted by atomic mass is 19.3. The lowest BCUT2D eigenvalue weighted by Crippen LogP contribution is -2.41. The molecule has 0 spiro atoms. The van der Waals surface area contributed by atoms with Gasteiger partial charge in [0.15, 0.2) is 6.10 Å². The van der Waals surface area contributed by atoms with Crippen LogP contribution in [0.25, 0.3) is 0 Å². The van der Waals surface area contributed by atoms with Crippen molar-refractivity contribution in [2.75, 3.05) is 11.9 Å². The van der Waals surface area contributed by atoms with Gasteiger partial charge in [0, 0.05) is 18.1 Å². The summed E-state index contributed by atoms with van der Waals surface area (Å²) >= 11 is 0. The van der Waals surface area contributed by atoms with Crippen LogP contribution in [-0.2, 0) is 4.74 Å². The van der Waals surface area contributed by atoms with E-state index in [0.717, 1.165) is 12.3 Å². The molecule has 3 heterocycles. The maximum atomic E-state index is 14.1. The topological polar surface area (TPSA) is 127 Å². The van der Waals surface area contributed by atoms with E-state index in [9.17, 15) is 23.5 Å². The summed E-state index contributed by atoms with van der Waals surface area (Å²) in [5.41, 5.74) is -0.176. The number of anilines is 1. The number of alkyl halides is 2. The molecule has 0 aliphatic carbocycles. The van der Waals surface area contributed by atoms with E-state index in [2.05, 4.69) is 15.3 Å². The van der Waals surface area contributed by atoms with Crippen LogP contribution in [0.15, 0.2) is 35.4 Å². The zero-order valence-electron chi connectivity index (χ0n) is 14.0. The number of halogens is 2. The third-order valence-corrected chi connectivity index (χ3v) is 4.06. The van der Waals surface area contributed by atoms with Crippen LogP contribution >= 0.6 is 0 Å². The quantitative estimate of drug-likeness (QED) is 0.684. The van der Waals surface area contributed by atoms with E-state index in [1.165, 1.54) is 12.3 Å². The smallest absolute Gasteiger partial charge is 0.351 e. The zero-order chi connectivity index (χ0) is 19.8. The van der Waals surface area contributed by atoms with Crippen molar-refractivity contribution in [2.45, 2.75) is 31.3 Å². The molecule has 1 fully saturated rings. The molecular formula is C16H16F2N4O5. The highest BCUT2D eigenvalue weighted by molar-refractivity contribution is 6.03. The first kappa shape index (κ1) is 19.0. The highest BCUT2D eigenvalue weighted by Crippen LogP contribution is 2.41. The standard InChI is InChI=1S/C16H16F2N4O5/c1-8-2-3-9(6-19-8)13(25)20-11-4-5-22(15(26)21-11)14-16(17,18)12(24)10(7-23)27-14/h2-6,10,12,14,23-24H,7H2,1H3,(H,20,21,25,26)/t10-,12-,14-/m1/s1. The molecule has 2 aromatic rings. The van der Waals surface area contributed by atoms with Gasteiger partial charge in [-0.15, -0.1) is 0 Å². The number of nitrogens with zero attached hydrogens (tertiary/aromatic N) is 3. The number of ether oxygens (including phenoxy) is 1. The number of hydrogen-bond acceptors (Lipinski definition) is 7. The molecule has 2 aromatic heterocycles. The van der Waals surface area contributed by atoms with Crippen LogP contribution in [0.1, 0.15) is 22.3 Å². The van der Waals surface area contributed by atoms with Gasteiger partial charge in [-0.3, -0.25) is 14.3 Å². The molecule has 0 radical (unpaired) electrons. The Labute approximate surface area is 151 Å². The van der Waals surface area contributed by atoms with Crippen molar-refractivity contribution in [3.8, 4) is 0 Å². The van der Waals surface area contributed by atoms with Crippen LogP contribution in [-0.4, -0.2) is 55.4 Å². The van der Waals surface area contributed by atoms with Gasteiger partial charge in [-0.25, -0.2) is 4.79 Å². The number of rotatable bonds is 4. The molecule has 9 nitrogen and oxygen atoms in total. The van der Waals surface area contributed by atoms with Crippen molar-refractivity contribution in [2.24, 2.45) is 0 Å². The Bertz CT molecular complexity index is 902. The Morgan fingerprint density at radius 2 is 2.15 bits per heavy atom. The molecule has 0 aromatic carbocycles. The summed E-state index contributed by atoms with van der Waals surface area (Å²) in [6.45, 7) is 0.913. The van der Waals surface area contributed by atoms with Crippen molar-refractivity contribution in [3.63, 3.8) is 0 Å². The van der Waals surface area contributed by atoms with Crippen molar-refractivity contribution in [1.82, 2.24) is 14.5 Å². The number of amides is 1. The predicted molar refractivity (Wildman–Crippen MR) is 87.4 cm³/mol. The minimum Gasteiger partial charge on any atom is -0.394 e. The average molecular weight is 382 g/mol. The summed E-state index contributed by atoms with van der Waals surface area (Å²) in [5.74, 6) is -4.54. The molecular weight excluding hydrogens is 366 g/mol. The SMILES string of the molecule is Cc1ccc(C(=O)Nc2ccn([C@@H]3O[C@H](CO)[C@@H](O)C3(F)F)c(=O)n2)cn1. The molecule has 0 bridgehead atoms. The van der Waals surface area contributed by atoms with Crippen LogP contribution in [0.5, 0.6) is 0 Å². The molecule has 27 heavy (non-hydrogen) atoms. The van der Waals surface area contributed by atoms with E-state index >= 15 is 0 Å². The zero-order valence-corrected chi connectivity index (χ0v) is 14.0. The van der Waals surface area contributed by atoms with E-state index in [0.29, 0.717) is 10.3 Å². The summed E-state index contributed by atoms with van der Waals surface area (Å²) in [4.78, 5) is 31.7. The molecule has 144 valence electrons. The minimum atomic E-state index is -3.81. The van der Waals surface area contributed by atoms with Crippen LogP contribution in [0, 0.1) is 6.92 Å². The molecule has 1 aliphatic rings. The van der Waals surface area contributed by atoms with E-state index in [1.54, 1.807) is 13.0 Å². The largest absolute Gasteiger partial charge is 0.394 e. The van der Waals surface area contributed by atoms with E-state index in [4.69, 9.17) is 9.84 Å². The number of aromatic nitrogens is 3. The van der Waals surface area contributed by atoms with Gasteiger partial charge < -0.3 is 20.3 Å². The van der Waals surface area contributed by atoms with Crippen LogP contribution in [0.4, 0.5) is 14.6 Å². The molecule has 0 unspecified atom stereocenters. The second kappa shape index (κ2) is 7.10. The number of pyridine rings is 1. The van der Waals surface area contributed by atoms with Crippen molar-refractivity contribution >= 4 is 11.7 Å². The van der Waals surface area contributed by atoms with Crippen LogP contribution < -0.4 is 11.0 Å². The fraction of sp³-hybridized carbons (Fsp3) is 0.375. The Kier molecular flexibility index (Phi) is 5.00. The van der Waals surface area contributed by atoms with Gasteiger partial charge in [0.25, 0.3) is 5.91 Å².